The van der Waals surface area contributed by atoms with Gasteiger partial charge in [-0.3, -0.25) is 0 Å². The highest BCUT2D eigenvalue weighted by Gasteiger charge is 2.34. The van der Waals surface area contributed by atoms with E-state index in [1.54, 1.807) is 0 Å². The van der Waals surface area contributed by atoms with Crippen LogP contribution in [0.1, 0.15) is 5.56 Å². The van der Waals surface area contributed by atoms with Crippen molar-refractivity contribution in [3.05, 3.63) is 23.5 Å². The van der Waals surface area contributed by atoms with E-state index in [-0.39, 0.29) is 0 Å². The van der Waals surface area contributed by atoms with E-state index in [1.807, 2.05) is 0 Å². The van der Waals surface area contributed by atoms with E-state index in [4.69, 9.17) is 5.73 Å². The number of hydrogen-bond acceptors (Lipinski definition) is 3. The second-order valence-electron chi connectivity index (χ2n) is 2.48. The molecule has 8 heteroatoms. The maximum atomic E-state index is 12.8. The van der Waals surface area contributed by atoms with Crippen molar-refractivity contribution in [2.75, 3.05) is 0 Å². The van der Waals surface area contributed by atoms with Crippen molar-refractivity contribution in [2.24, 2.45) is 5.73 Å². The molecule has 0 aliphatic rings. The van der Waals surface area contributed by atoms with Crippen LogP contribution in [-0.4, -0.2) is 11.3 Å². The zero-order valence-electron chi connectivity index (χ0n) is 7.11. The Labute approximate surface area is 80.7 Å². The minimum absolute atomic E-state index is 0.447. The molecule has 0 spiro atoms. The molecular weight excluding hydrogens is 223 g/mol. The Kier molecular flexibility index (Phi) is 3.08. The van der Waals surface area contributed by atoms with Crippen LogP contribution in [0.3, 0.4) is 0 Å². The van der Waals surface area contributed by atoms with Gasteiger partial charge >= 0.3 is 6.36 Å². The van der Waals surface area contributed by atoms with Crippen LogP contribution in [-0.2, 0) is 6.54 Å². The highest BCUT2D eigenvalue weighted by Crippen LogP contribution is 2.28. The van der Waals surface area contributed by atoms with Gasteiger partial charge in [-0.1, -0.05) is 0 Å². The van der Waals surface area contributed by atoms with Crippen molar-refractivity contribution >= 4 is 0 Å². The Bertz CT molecular complexity index is 365. The Morgan fingerprint density at radius 2 is 1.93 bits per heavy atom. The molecule has 0 atom stereocenters. The van der Waals surface area contributed by atoms with E-state index in [9.17, 15) is 22.0 Å². The summed E-state index contributed by atoms with van der Waals surface area (Å²) < 4.78 is 64.0. The van der Waals surface area contributed by atoms with Gasteiger partial charge in [0.25, 0.3) is 5.95 Å². The standard InChI is InChI=1S/C7H5F5N2O/c8-4-1-3(2-13)5(6(9)14-4)15-7(10,11)12/h1H,2,13H2. The second kappa shape index (κ2) is 3.97. The predicted molar refractivity (Wildman–Crippen MR) is 38.7 cm³/mol. The SMILES string of the molecule is NCc1cc(F)nc(F)c1OC(F)(F)F. The van der Waals surface area contributed by atoms with E-state index >= 15 is 0 Å². The zero-order chi connectivity index (χ0) is 11.6. The van der Waals surface area contributed by atoms with Crippen molar-refractivity contribution in [2.45, 2.75) is 12.9 Å². The molecule has 0 fully saturated rings. The average Bonchev–Trinajstić information content (AvgIpc) is 2.07. The van der Waals surface area contributed by atoms with Crippen LogP contribution in [0.4, 0.5) is 22.0 Å². The van der Waals surface area contributed by atoms with Crippen molar-refractivity contribution in [3.63, 3.8) is 0 Å². The fourth-order valence-electron chi connectivity index (χ4n) is 0.894. The van der Waals surface area contributed by atoms with Crippen molar-refractivity contribution in [1.29, 1.82) is 0 Å². The first-order valence-corrected chi connectivity index (χ1v) is 3.64. The summed E-state index contributed by atoms with van der Waals surface area (Å²) >= 11 is 0. The number of rotatable bonds is 2. The van der Waals surface area contributed by atoms with Gasteiger partial charge in [0.05, 0.1) is 0 Å². The molecular formula is C7H5F5N2O. The minimum Gasteiger partial charge on any atom is -0.401 e. The fraction of sp³-hybridized carbons (Fsp3) is 0.286. The summed E-state index contributed by atoms with van der Waals surface area (Å²) in [6.07, 6.45) is -5.08. The smallest absolute Gasteiger partial charge is 0.401 e. The zero-order valence-corrected chi connectivity index (χ0v) is 7.11. The number of alkyl halides is 3. The Hall–Kier alpha value is -1.44. The molecule has 0 aliphatic carbocycles. The number of ether oxygens (including phenoxy) is 1. The number of nitrogens with two attached hydrogens (primary N) is 1. The van der Waals surface area contributed by atoms with E-state index in [0.717, 1.165) is 0 Å². The molecule has 0 aromatic carbocycles. The topological polar surface area (TPSA) is 48.1 Å². The number of halogens is 5. The van der Waals surface area contributed by atoms with Crippen molar-refractivity contribution in [1.82, 2.24) is 4.98 Å². The number of aromatic nitrogens is 1. The van der Waals surface area contributed by atoms with Crippen LogP contribution < -0.4 is 10.5 Å². The van der Waals surface area contributed by atoms with Gasteiger partial charge in [0.15, 0.2) is 5.75 Å². The molecule has 1 heterocycles. The Morgan fingerprint density at radius 3 is 2.40 bits per heavy atom. The maximum Gasteiger partial charge on any atom is 0.573 e. The molecule has 1 aromatic rings. The fourth-order valence-corrected chi connectivity index (χ4v) is 0.894. The van der Waals surface area contributed by atoms with E-state index in [0.29, 0.717) is 6.07 Å². The molecule has 0 amide bonds. The molecule has 0 aliphatic heterocycles. The van der Waals surface area contributed by atoms with Crippen LogP contribution in [0, 0.1) is 11.9 Å². The summed E-state index contributed by atoms with van der Waals surface area (Å²) in [5, 5.41) is 0. The number of nitrogens with zero attached hydrogens (tertiary/aromatic N) is 1. The van der Waals surface area contributed by atoms with Gasteiger partial charge in [-0.2, -0.15) is 13.8 Å². The lowest BCUT2D eigenvalue weighted by molar-refractivity contribution is -0.276. The summed E-state index contributed by atoms with van der Waals surface area (Å²) in [6.45, 7) is -0.498. The molecule has 1 aromatic heterocycles. The Balaban J connectivity index is 3.15. The molecule has 0 bridgehead atoms. The van der Waals surface area contributed by atoms with E-state index in [2.05, 4.69) is 9.72 Å². The van der Waals surface area contributed by atoms with Gasteiger partial charge in [-0.25, -0.2) is 0 Å². The third-order valence-electron chi connectivity index (χ3n) is 1.42. The molecule has 84 valence electrons. The summed E-state index contributed by atoms with van der Waals surface area (Å²) in [5.41, 5.74) is 4.55. The lowest BCUT2D eigenvalue weighted by atomic mass is 10.2. The highest BCUT2D eigenvalue weighted by molar-refractivity contribution is 5.31. The van der Waals surface area contributed by atoms with Gasteiger partial charge in [-0.05, 0) is 0 Å². The third kappa shape index (κ3) is 3.01. The Morgan fingerprint density at radius 1 is 1.33 bits per heavy atom. The van der Waals surface area contributed by atoms with Gasteiger partial charge in [-0.15, -0.1) is 13.2 Å². The summed E-state index contributed by atoms with van der Waals surface area (Å²) in [6, 6.07) is 0.574. The molecule has 0 saturated carbocycles. The first-order valence-electron chi connectivity index (χ1n) is 3.64. The third-order valence-corrected chi connectivity index (χ3v) is 1.42. The summed E-state index contributed by atoms with van der Waals surface area (Å²) in [5.74, 6) is -4.15. The highest BCUT2D eigenvalue weighted by atomic mass is 19.4. The second-order valence-corrected chi connectivity index (χ2v) is 2.48. The van der Waals surface area contributed by atoms with Crippen LogP contribution >= 0.6 is 0 Å². The largest absolute Gasteiger partial charge is 0.573 e. The van der Waals surface area contributed by atoms with Crippen LogP contribution in [0.5, 0.6) is 5.75 Å². The first kappa shape index (κ1) is 11.6. The molecule has 0 saturated heterocycles. The lowest BCUT2D eigenvalue weighted by Crippen LogP contribution is -2.20. The van der Waals surface area contributed by atoms with Crippen LogP contribution in [0.2, 0.25) is 0 Å². The molecule has 0 unspecified atom stereocenters. The monoisotopic (exact) mass is 228 g/mol. The maximum absolute atomic E-state index is 12.8. The average molecular weight is 228 g/mol. The van der Waals surface area contributed by atoms with Gasteiger partial charge < -0.3 is 10.5 Å². The quantitative estimate of drug-likeness (QED) is 0.619. The molecule has 0 radical (unpaired) electrons. The lowest BCUT2D eigenvalue weighted by Gasteiger charge is -2.12. The summed E-state index contributed by atoms with van der Waals surface area (Å²) in [4.78, 5) is 2.55. The van der Waals surface area contributed by atoms with Crippen LogP contribution in [0.15, 0.2) is 6.07 Å². The molecule has 2 N–H and O–H groups in total. The van der Waals surface area contributed by atoms with Crippen molar-refractivity contribution in [3.8, 4) is 5.75 Å². The van der Waals surface area contributed by atoms with E-state index in [1.165, 1.54) is 0 Å². The minimum atomic E-state index is -5.08. The first-order chi connectivity index (χ1) is 6.83. The number of hydrogen-bond donors (Lipinski definition) is 1. The van der Waals surface area contributed by atoms with Gasteiger partial charge in [0.2, 0.25) is 5.95 Å². The molecule has 3 nitrogen and oxygen atoms in total. The van der Waals surface area contributed by atoms with Gasteiger partial charge in [0.1, 0.15) is 0 Å². The van der Waals surface area contributed by atoms with Gasteiger partial charge in [0, 0.05) is 18.2 Å². The molecule has 1 rings (SSSR count). The normalized spacial score (nSPS) is 11.6. The van der Waals surface area contributed by atoms with Crippen molar-refractivity contribution < 1.29 is 26.7 Å². The van der Waals surface area contributed by atoms with Crippen LogP contribution in [0.25, 0.3) is 0 Å². The predicted octanol–water partition coefficient (Wildman–Crippen LogP) is 1.72. The number of pyridine rings is 1. The summed E-state index contributed by atoms with van der Waals surface area (Å²) in [7, 11) is 0. The molecule has 15 heavy (non-hydrogen) atoms. The van der Waals surface area contributed by atoms with E-state index < -0.39 is 36.1 Å².